The summed E-state index contributed by atoms with van der Waals surface area (Å²) in [6.45, 7) is 5.72. The number of nitrogens with zero attached hydrogens (tertiary/aromatic N) is 5. The van der Waals surface area contributed by atoms with Crippen LogP contribution in [0.3, 0.4) is 0 Å². The molecule has 2 aliphatic heterocycles. The van der Waals surface area contributed by atoms with Crippen molar-refractivity contribution >= 4 is 22.6 Å². The van der Waals surface area contributed by atoms with Crippen LogP contribution in [0.15, 0.2) is 12.1 Å². The maximum atomic E-state index is 13.2. The number of hydrogen-bond acceptors (Lipinski definition) is 5. The molecule has 6 heteroatoms. The molecule has 0 amide bonds. The topological polar surface area (TPSA) is 54.3 Å². The summed E-state index contributed by atoms with van der Waals surface area (Å²) in [7, 11) is 1.92. The Morgan fingerprint density at radius 3 is 2.30 bits per heavy atom. The standard InChI is InChI=1S/C27H41N5O/c1-30-27-23(11-12-25(28-27)32-15-7-2-3-8-16-32)26(29-30)24(33)19-21-13-17-31(18-14-21)20-22-9-5-4-6-10-22/h11-12,21-22H,2-10,13-20H2,1H3. The van der Waals surface area contributed by atoms with Gasteiger partial charge in [-0.05, 0) is 75.6 Å². The van der Waals surface area contributed by atoms with E-state index in [-0.39, 0.29) is 5.78 Å². The van der Waals surface area contributed by atoms with E-state index in [0.29, 0.717) is 18.0 Å². The second-order valence-corrected chi connectivity index (χ2v) is 10.8. The van der Waals surface area contributed by atoms with Crippen molar-refractivity contribution in [1.82, 2.24) is 19.7 Å². The first-order valence-corrected chi connectivity index (χ1v) is 13.5. The molecule has 0 N–H and O–H groups in total. The second-order valence-electron chi connectivity index (χ2n) is 10.8. The van der Waals surface area contributed by atoms with E-state index in [9.17, 15) is 4.79 Å². The van der Waals surface area contributed by atoms with Gasteiger partial charge in [0.25, 0.3) is 0 Å². The van der Waals surface area contributed by atoms with E-state index in [4.69, 9.17) is 4.98 Å². The third-order valence-electron chi connectivity index (χ3n) is 8.29. The number of Topliss-reactive ketones (excluding diaryl/α,β-unsaturated/α-hetero) is 1. The lowest BCUT2D eigenvalue weighted by Crippen LogP contribution is -2.38. The molecule has 4 heterocycles. The molecule has 0 spiro atoms. The first-order valence-electron chi connectivity index (χ1n) is 13.5. The van der Waals surface area contributed by atoms with Crippen LogP contribution < -0.4 is 4.90 Å². The van der Waals surface area contributed by atoms with E-state index in [0.717, 1.165) is 61.8 Å². The van der Waals surface area contributed by atoms with E-state index in [1.165, 1.54) is 64.3 Å². The third kappa shape index (κ3) is 5.42. The van der Waals surface area contributed by atoms with Crippen molar-refractivity contribution in [3.63, 3.8) is 0 Å². The SMILES string of the molecule is Cn1nc(C(=O)CC2CCN(CC3CCCCC3)CC2)c2ccc(N3CCCCCC3)nc21. The van der Waals surface area contributed by atoms with E-state index in [1.54, 1.807) is 4.68 Å². The number of aryl methyl sites for hydroxylation is 1. The number of fused-ring (bicyclic) bond motifs is 1. The maximum absolute atomic E-state index is 13.2. The molecule has 33 heavy (non-hydrogen) atoms. The highest BCUT2D eigenvalue weighted by Crippen LogP contribution is 2.29. The van der Waals surface area contributed by atoms with Crippen molar-refractivity contribution in [2.24, 2.45) is 18.9 Å². The molecular weight excluding hydrogens is 410 g/mol. The van der Waals surface area contributed by atoms with Crippen LogP contribution in [-0.4, -0.2) is 58.2 Å². The molecule has 0 bridgehead atoms. The lowest BCUT2D eigenvalue weighted by Gasteiger charge is -2.35. The highest BCUT2D eigenvalue weighted by Gasteiger charge is 2.26. The van der Waals surface area contributed by atoms with Crippen molar-refractivity contribution in [3.05, 3.63) is 17.8 Å². The van der Waals surface area contributed by atoms with Crippen LogP contribution in [-0.2, 0) is 7.05 Å². The van der Waals surface area contributed by atoms with Crippen molar-refractivity contribution in [2.45, 2.75) is 77.0 Å². The van der Waals surface area contributed by atoms with Crippen molar-refractivity contribution in [2.75, 3.05) is 37.6 Å². The molecule has 1 aliphatic carbocycles. The lowest BCUT2D eigenvalue weighted by atomic mass is 9.87. The minimum Gasteiger partial charge on any atom is -0.357 e. The molecule has 3 aliphatic rings. The third-order valence-corrected chi connectivity index (χ3v) is 8.29. The number of aromatic nitrogens is 3. The summed E-state index contributed by atoms with van der Waals surface area (Å²) in [6.07, 6.45) is 15.1. The Morgan fingerprint density at radius 2 is 1.58 bits per heavy atom. The first kappa shape index (κ1) is 22.8. The van der Waals surface area contributed by atoms with Gasteiger partial charge in [-0.25, -0.2) is 9.67 Å². The number of piperidine rings is 1. The fourth-order valence-corrected chi connectivity index (χ4v) is 6.27. The predicted molar refractivity (Wildman–Crippen MR) is 134 cm³/mol. The van der Waals surface area contributed by atoms with Crippen LogP contribution in [0, 0.1) is 11.8 Å². The van der Waals surface area contributed by atoms with Gasteiger partial charge in [0.15, 0.2) is 11.4 Å². The average molecular weight is 452 g/mol. The van der Waals surface area contributed by atoms with Gasteiger partial charge in [0.1, 0.15) is 11.5 Å². The molecule has 1 saturated carbocycles. The zero-order chi connectivity index (χ0) is 22.6. The summed E-state index contributed by atoms with van der Waals surface area (Å²) in [5, 5.41) is 5.54. The van der Waals surface area contributed by atoms with E-state index < -0.39 is 0 Å². The Labute approximate surface area is 198 Å². The van der Waals surface area contributed by atoms with Gasteiger partial charge in [-0.15, -0.1) is 0 Å². The Hall–Kier alpha value is -1.95. The van der Waals surface area contributed by atoms with Crippen molar-refractivity contribution in [3.8, 4) is 0 Å². The van der Waals surface area contributed by atoms with Crippen LogP contribution in [0.4, 0.5) is 5.82 Å². The zero-order valence-corrected chi connectivity index (χ0v) is 20.5. The molecule has 0 radical (unpaired) electrons. The Kier molecular flexibility index (Phi) is 7.29. The Bertz CT molecular complexity index is 931. The van der Waals surface area contributed by atoms with Crippen LogP contribution >= 0.6 is 0 Å². The summed E-state index contributed by atoms with van der Waals surface area (Å²) < 4.78 is 1.80. The number of rotatable bonds is 6. The lowest BCUT2D eigenvalue weighted by molar-refractivity contribution is 0.0910. The summed E-state index contributed by atoms with van der Waals surface area (Å²) in [5.74, 6) is 2.61. The minimum atomic E-state index is 0.190. The van der Waals surface area contributed by atoms with Crippen molar-refractivity contribution < 1.29 is 4.79 Å². The average Bonchev–Trinajstić information content (AvgIpc) is 3.00. The maximum Gasteiger partial charge on any atom is 0.184 e. The van der Waals surface area contributed by atoms with Gasteiger partial charge in [-0.3, -0.25) is 4.79 Å². The summed E-state index contributed by atoms with van der Waals surface area (Å²) in [6, 6.07) is 4.17. The molecule has 180 valence electrons. The monoisotopic (exact) mass is 451 g/mol. The highest BCUT2D eigenvalue weighted by atomic mass is 16.1. The Balaban J connectivity index is 1.20. The number of carbonyl (C=O) groups excluding carboxylic acids is 1. The molecule has 2 aromatic heterocycles. The molecule has 0 unspecified atom stereocenters. The number of anilines is 1. The fraction of sp³-hybridized carbons (Fsp3) is 0.741. The first-order chi connectivity index (χ1) is 16.2. The van der Waals surface area contributed by atoms with Crippen LogP contribution in [0.2, 0.25) is 0 Å². The number of likely N-dealkylation sites (tertiary alicyclic amines) is 1. The predicted octanol–water partition coefficient (Wildman–Crippen LogP) is 5.21. The Morgan fingerprint density at radius 1 is 0.879 bits per heavy atom. The molecule has 3 fully saturated rings. The molecule has 2 saturated heterocycles. The molecule has 6 nitrogen and oxygen atoms in total. The molecule has 5 rings (SSSR count). The second kappa shape index (κ2) is 10.5. The van der Waals surface area contributed by atoms with Crippen LogP contribution in [0.1, 0.15) is 87.5 Å². The minimum absolute atomic E-state index is 0.190. The van der Waals surface area contributed by atoms with Gasteiger partial charge < -0.3 is 9.80 Å². The van der Waals surface area contributed by atoms with Crippen LogP contribution in [0.5, 0.6) is 0 Å². The number of carbonyl (C=O) groups is 1. The number of pyridine rings is 1. The number of ketones is 1. The highest BCUT2D eigenvalue weighted by molar-refractivity contribution is 6.05. The fourth-order valence-electron chi connectivity index (χ4n) is 6.27. The van der Waals surface area contributed by atoms with Gasteiger partial charge in [-0.2, -0.15) is 5.10 Å². The smallest absolute Gasteiger partial charge is 0.184 e. The van der Waals surface area contributed by atoms with Gasteiger partial charge >= 0.3 is 0 Å². The van der Waals surface area contributed by atoms with Gasteiger partial charge in [0, 0.05) is 33.1 Å². The molecular formula is C27H41N5O. The van der Waals surface area contributed by atoms with Gasteiger partial charge in [-0.1, -0.05) is 32.1 Å². The van der Waals surface area contributed by atoms with E-state index in [2.05, 4.69) is 27.0 Å². The largest absolute Gasteiger partial charge is 0.357 e. The summed E-state index contributed by atoms with van der Waals surface area (Å²) in [5.41, 5.74) is 1.45. The van der Waals surface area contributed by atoms with Gasteiger partial charge in [0.2, 0.25) is 0 Å². The quantitative estimate of drug-likeness (QED) is 0.564. The van der Waals surface area contributed by atoms with Gasteiger partial charge in [0.05, 0.1) is 5.39 Å². The number of hydrogen-bond donors (Lipinski definition) is 0. The normalized spacial score (nSPS) is 22.0. The molecule has 0 aromatic carbocycles. The van der Waals surface area contributed by atoms with E-state index >= 15 is 0 Å². The van der Waals surface area contributed by atoms with Crippen LogP contribution in [0.25, 0.3) is 11.0 Å². The zero-order valence-electron chi connectivity index (χ0n) is 20.5. The summed E-state index contributed by atoms with van der Waals surface area (Å²) >= 11 is 0. The summed E-state index contributed by atoms with van der Waals surface area (Å²) in [4.78, 5) is 23.2. The van der Waals surface area contributed by atoms with E-state index in [1.807, 2.05) is 7.05 Å². The van der Waals surface area contributed by atoms with Crippen molar-refractivity contribution in [1.29, 1.82) is 0 Å². The molecule has 2 aromatic rings. The molecule has 0 atom stereocenters.